The van der Waals surface area contributed by atoms with Gasteiger partial charge in [0, 0.05) is 33.2 Å². The van der Waals surface area contributed by atoms with Gasteiger partial charge in [-0.15, -0.1) is 0 Å². The molecule has 0 atom stereocenters. The number of hydrogen-bond donors (Lipinski definition) is 2. The van der Waals surface area contributed by atoms with E-state index in [2.05, 4.69) is 15.0 Å². The summed E-state index contributed by atoms with van der Waals surface area (Å²) in [5, 5.41) is 7.13. The van der Waals surface area contributed by atoms with Crippen LogP contribution in [0, 0.1) is 6.92 Å². The summed E-state index contributed by atoms with van der Waals surface area (Å²) in [5.41, 5.74) is 1.55. The summed E-state index contributed by atoms with van der Waals surface area (Å²) in [4.78, 5) is 14.2. The highest BCUT2D eigenvalue weighted by molar-refractivity contribution is 7.10. The van der Waals surface area contributed by atoms with Gasteiger partial charge in [-0.2, -0.15) is 4.37 Å². The molecule has 2 N–H and O–H groups in total. The molecule has 0 aromatic carbocycles. The molecule has 1 fully saturated rings. The monoisotopic (exact) mass is 240 g/mol. The summed E-state index contributed by atoms with van der Waals surface area (Å²) >= 11 is 1.34. The number of hydrogen-bond acceptors (Lipinski definition) is 5. The zero-order chi connectivity index (χ0) is 11.5. The number of nitrogens with zero attached hydrogens (tertiary/aromatic N) is 2. The maximum absolute atomic E-state index is 12.3. The van der Waals surface area contributed by atoms with Crippen molar-refractivity contribution in [1.29, 1.82) is 0 Å². The lowest BCUT2D eigenvalue weighted by Gasteiger charge is -2.27. The van der Waals surface area contributed by atoms with E-state index in [1.54, 1.807) is 0 Å². The Labute approximate surface area is 99.0 Å². The average Bonchev–Trinajstić information content (AvgIpc) is 2.70. The van der Waals surface area contributed by atoms with Crippen molar-refractivity contribution in [3.63, 3.8) is 0 Å². The molecule has 1 aliphatic heterocycles. The lowest BCUT2D eigenvalue weighted by molar-refractivity contribution is 0.0736. The Morgan fingerprint density at radius 2 is 2.19 bits per heavy atom. The van der Waals surface area contributed by atoms with Crippen molar-refractivity contribution in [1.82, 2.24) is 14.6 Å². The van der Waals surface area contributed by atoms with Gasteiger partial charge >= 0.3 is 0 Å². The van der Waals surface area contributed by atoms with E-state index in [9.17, 15) is 4.79 Å². The predicted octanol–water partition coefficient (Wildman–Crippen LogP) is 0.539. The number of aromatic nitrogens is 1. The van der Waals surface area contributed by atoms with Crippen LogP contribution in [0.2, 0.25) is 0 Å². The van der Waals surface area contributed by atoms with Crippen LogP contribution in [0.25, 0.3) is 0 Å². The predicted molar refractivity (Wildman–Crippen MR) is 65.2 cm³/mol. The van der Waals surface area contributed by atoms with E-state index in [-0.39, 0.29) is 5.91 Å². The van der Waals surface area contributed by atoms with Gasteiger partial charge < -0.3 is 15.5 Å². The van der Waals surface area contributed by atoms with E-state index in [0.29, 0.717) is 0 Å². The molecule has 1 aromatic heterocycles. The second kappa shape index (κ2) is 4.80. The number of carbonyl (C=O) groups is 1. The molecule has 0 radical (unpaired) electrons. The second-order valence-electron chi connectivity index (χ2n) is 3.76. The van der Waals surface area contributed by atoms with Gasteiger partial charge in [0.05, 0.1) is 11.3 Å². The molecule has 1 saturated heterocycles. The number of piperazine rings is 1. The van der Waals surface area contributed by atoms with Crippen molar-refractivity contribution < 1.29 is 4.79 Å². The average molecular weight is 240 g/mol. The second-order valence-corrected chi connectivity index (χ2v) is 4.54. The van der Waals surface area contributed by atoms with Crippen LogP contribution in [-0.4, -0.2) is 48.4 Å². The molecule has 1 aliphatic rings. The molecule has 1 amide bonds. The van der Waals surface area contributed by atoms with E-state index in [1.807, 2.05) is 18.9 Å². The fourth-order valence-corrected chi connectivity index (χ4v) is 2.56. The molecule has 2 rings (SSSR count). The summed E-state index contributed by atoms with van der Waals surface area (Å²) in [6.45, 7) is 5.18. The highest BCUT2D eigenvalue weighted by Gasteiger charge is 2.24. The zero-order valence-electron chi connectivity index (χ0n) is 9.54. The zero-order valence-corrected chi connectivity index (χ0v) is 10.4. The first kappa shape index (κ1) is 11.3. The van der Waals surface area contributed by atoms with Crippen molar-refractivity contribution >= 4 is 22.4 Å². The van der Waals surface area contributed by atoms with E-state index < -0.39 is 0 Å². The molecule has 0 saturated carbocycles. The SMILES string of the molecule is CNc1snc(C)c1C(=O)N1CCNCC1. The maximum atomic E-state index is 12.3. The van der Waals surface area contributed by atoms with Gasteiger partial charge in [0.2, 0.25) is 0 Å². The molecular formula is C10H16N4OS. The number of carbonyl (C=O) groups excluding carboxylic acids is 1. The van der Waals surface area contributed by atoms with Crippen molar-refractivity contribution in [3.8, 4) is 0 Å². The van der Waals surface area contributed by atoms with Crippen LogP contribution in [0.3, 0.4) is 0 Å². The Balaban J connectivity index is 2.21. The minimum Gasteiger partial charge on any atom is -0.378 e. The van der Waals surface area contributed by atoms with Crippen LogP contribution in [0.15, 0.2) is 0 Å². The van der Waals surface area contributed by atoms with Crippen LogP contribution in [0.5, 0.6) is 0 Å². The quantitative estimate of drug-likeness (QED) is 0.792. The number of anilines is 1. The Morgan fingerprint density at radius 3 is 2.81 bits per heavy atom. The third-order valence-electron chi connectivity index (χ3n) is 2.71. The van der Waals surface area contributed by atoms with Gasteiger partial charge in [0.25, 0.3) is 5.91 Å². The molecule has 5 nitrogen and oxygen atoms in total. The van der Waals surface area contributed by atoms with Gasteiger partial charge in [-0.25, -0.2) is 0 Å². The minimum atomic E-state index is 0.0945. The summed E-state index contributed by atoms with van der Waals surface area (Å²) in [6.07, 6.45) is 0. The highest BCUT2D eigenvalue weighted by atomic mass is 32.1. The van der Waals surface area contributed by atoms with Crippen LogP contribution in [0.4, 0.5) is 5.00 Å². The normalized spacial score (nSPS) is 16.2. The van der Waals surface area contributed by atoms with Crippen molar-refractivity contribution in [2.45, 2.75) is 6.92 Å². The number of rotatable bonds is 2. The minimum absolute atomic E-state index is 0.0945. The van der Waals surface area contributed by atoms with Gasteiger partial charge in [0.1, 0.15) is 5.00 Å². The largest absolute Gasteiger partial charge is 0.378 e. The van der Waals surface area contributed by atoms with Gasteiger partial charge in [-0.05, 0) is 18.5 Å². The Bertz CT molecular complexity index is 384. The first-order valence-electron chi connectivity index (χ1n) is 5.38. The molecule has 0 spiro atoms. The Kier molecular flexibility index (Phi) is 3.40. The van der Waals surface area contributed by atoms with Crippen LogP contribution in [0.1, 0.15) is 16.1 Å². The molecule has 0 aliphatic carbocycles. The molecule has 1 aromatic rings. The van der Waals surface area contributed by atoms with Gasteiger partial charge in [-0.3, -0.25) is 4.79 Å². The molecule has 16 heavy (non-hydrogen) atoms. The molecule has 0 bridgehead atoms. The molecule has 88 valence electrons. The first-order valence-corrected chi connectivity index (χ1v) is 6.15. The van der Waals surface area contributed by atoms with Crippen molar-refractivity contribution in [2.24, 2.45) is 0 Å². The Hall–Kier alpha value is -1.14. The topological polar surface area (TPSA) is 57.3 Å². The third-order valence-corrected chi connectivity index (χ3v) is 3.66. The third kappa shape index (κ3) is 2.03. The number of amides is 1. The van der Waals surface area contributed by atoms with Crippen molar-refractivity contribution in [3.05, 3.63) is 11.3 Å². The molecular weight excluding hydrogens is 224 g/mol. The van der Waals surface area contributed by atoms with Crippen molar-refractivity contribution in [2.75, 3.05) is 38.5 Å². The lowest BCUT2D eigenvalue weighted by Crippen LogP contribution is -2.46. The summed E-state index contributed by atoms with van der Waals surface area (Å²) in [7, 11) is 1.82. The standard InChI is InChI=1S/C10H16N4OS/c1-7-8(9(11-2)16-13-7)10(15)14-5-3-12-4-6-14/h11-12H,3-6H2,1-2H3. The highest BCUT2D eigenvalue weighted by Crippen LogP contribution is 2.25. The molecule has 0 unspecified atom stereocenters. The van der Waals surface area contributed by atoms with E-state index in [0.717, 1.165) is 42.4 Å². The smallest absolute Gasteiger partial charge is 0.258 e. The molecule has 6 heteroatoms. The van der Waals surface area contributed by atoms with Crippen LogP contribution in [-0.2, 0) is 0 Å². The summed E-state index contributed by atoms with van der Waals surface area (Å²) in [5.74, 6) is 0.0945. The molecule has 2 heterocycles. The Morgan fingerprint density at radius 1 is 1.50 bits per heavy atom. The fraction of sp³-hybridized carbons (Fsp3) is 0.600. The number of aryl methyl sites for hydroxylation is 1. The summed E-state index contributed by atoms with van der Waals surface area (Å²) in [6, 6.07) is 0. The lowest BCUT2D eigenvalue weighted by atomic mass is 10.2. The van der Waals surface area contributed by atoms with E-state index in [1.165, 1.54) is 11.5 Å². The maximum Gasteiger partial charge on any atom is 0.258 e. The van der Waals surface area contributed by atoms with E-state index in [4.69, 9.17) is 0 Å². The summed E-state index contributed by atoms with van der Waals surface area (Å²) < 4.78 is 4.22. The van der Waals surface area contributed by atoms with Gasteiger partial charge in [0.15, 0.2) is 0 Å². The van der Waals surface area contributed by atoms with Crippen LogP contribution >= 0.6 is 11.5 Å². The fourth-order valence-electron chi connectivity index (χ4n) is 1.82. The van der Waals surface area contributed by atoms with Gasteiger partial charge in [-0.1, -0.05) is 0 Å². The van der Waals surface area contributed by atoms with E-state index >= 15 is 0 Å². The van der Waals surface area contributed by atoms with Crippen LogP contribution < -0.4 is 10.6 Å². The number of nitrogens with one attached hydrogen (secondary N) is 2. The first-order chi connectivity index (χ1) is 7.74.